The van der Waals surface area contributed by atoms with Crippen LogP contribution in [0, 0.1) is 5.92 Å². The number of carbonyl (C=O) groups is 1. The Hall–Kier alpha value is -0.613. The molecule has 0 spiro atoms. The first-order valence-corrected chi connectivity index (χ1v) is 10.2. The van der Waals surface area contributed by atoms with Gasteiger partial charge in [-0.05, 0) is 33.6 Å². The van der Waals surface area contributed by atoms with Crippen molar-refractivity contribution in [2.24, 2.45) is 5.92 Å². The van der Waals surface area contributed by atoms with E-state index in [0.717, 1.165) is 12.0 Å². The van der Waals surface area contributed by atoms with Gasteiger partial charge in [0.25, 0.3) is 0 Å². The Morgan fingerprint density at radius 2 is 1.94 bits per heavy atom. The zero-order valence-corrected chi connectivity index (χ0v) is 13.4. The molecule has 0 saturated heterocycles. The van der Waals surface area contributed by atoms with Crippen molar-refractivity contribution in [1.29, 1.82) is 0 Å². The van der Waals surface area contributed by atoms with Crippen LogP contribution in [0.15, 0.2) is 11.3 Å². The molecule has 0 aliphatic heterocycles. The second-order valence-corrected chi connectivity index (χ2v) is 12.2. The first kappa shape index (κ1) is 15.4. The topological polar surface area (TPSA) is 46.5 Å². The lowest BCUT2D eigenvalue weighted by Gasteiger charge is -2.24. The molecule has 1 aliphatic rings. The fourth-order valence-corrected chi connectivity index (χ4v) is 3.71. The van der Waals surface area contributed by atoms with Crippen LogP contribution in [0.5, 0.6) is 0 Å². The van der Waals surface area contributed by atoms with Crippen LogP contribution in [0.1, 0.15) is 33.6 Å². The van der Waals surface area contributed by atoms with E-state index in [1.54, 1.807) is 0 Å². The van der Waals surface area contributed by atoms with Crippen LogP contribution >= 0.6 is 0 Å². The Kier molecular flexibility index (Phi) is 4.44. The average Bonchev–Trinajstić information content (AvgIpc) is 2.40. The summed E-state index contributed by atoms with van der Waals surface area (Å²) in [6.07, 6.45) is 0.901. The Bertz CT molecular complexity index is 347. The lowest BCUT2D eigenvalue weighted by molar-refractivity contribution is -0.161. The summed E-state index contributed by atoms with van der Waals surface area (Å²) in [7, 11) is -1.38. The molecule has 1 saturated carbocycles. The molecule has 0 radical (unpaired) electrons. The minimum absolute atomic E-state index is 0.281. The number of esters is 1. The van der Waals surface area contributed by atoms with E-state index in [4.69, 9.17) is 4.74 Å². The number of hydrogen-bond donors (Lipinski definition) is 1. The molecule has 1 N–H and O–H groups in total. The summed E-state index contributed by atoms with van der Waals surface area (Å²) < 4.78 is 5.41. The van der Waals surface area contributed by atoms with Crippen LogP contribution in [-0.2, 0) is 9.53 Å². The molecule has 0 heterocycles. The van der Waals surface area contributed by atoms with Crippen LogP contribution in [0.3, 0.4) is 0 Å². The highest BCUT2D eigenvalue weighted by molar-refractivity contribution is 6.81. The van der Waals surface area contributed by atoms with Crippen molar-refractivity contribution in [2.75, 3.05) is 0 Å². The zero-order valence-electron chi connectivity index (χ0n) is 12.4. The van der Waals surface area contributed by atoms with E-state index in [1.807, 2.05) is 20.8 Å². The molecule has 0 unspecified atom stereocenters. The van der Waals surface area contributed by atoms with Crippen molar-refractivity contribution in [1.82, 2.24) is 0 Å². The third kappa shape index (κ3) is 4.57. The number of rotatable bonds is 2. The Labute approximate surface area is 111 Å². The molecule has 18 heavy (non-hydrogen) atoms. The van der Waals surface area contributed by atoms with E-state index in [-0.39, 0.29) is 5.97 Å². The number of aliphatic hydroxyl groups is 1. The van der Waals surface area contributed by atoms with E-state index >= 15 is 0 Å². The van der Waals surface area contributed by atoms with Gasteiger partial charge in [-0.15, -0.1) is 0 Å². The minimum Gasteiger partial charge on any atom is -0.459 e. The van der Waals surface area contributed by atoms with Gasteiger partial charge in [-0.2, -0.15) is 0 Å². The molecule has 1 rings (SSSR count). The van der Waals surface area contributed by atoms with Crippen molar-refractivity contribution in [3.05, 3.63) is 11.3 Å². The highest BCUT2D eigenvalue weighted by atomic mass is 28.3. The maximum Gasteiger partial charge on any atom is 0.316 e. The Balaban J connectivity index is 2.90. The van der Waals surface area contributed by atoms with Crippen molar-refractivity contribution in [3.8, 4) is 0 Å². The molecule has 1 fully saturated rings. The minimum atomic E-state index is -1.38. The predicted molar refractivity (Wildman–Crippen MR) is 76.0 cm³/mol. The summed E-state index contributed by atoms with van der Waals surface area (Å²) in [5.74, 6) is -0.729. The lowest BCUT2D eigenvalue weighted by Crippen LogP contribution is -2.33. The summed E-state index contributed by atoms with van der Waals surface area (Å²) >= 11 is 0. The maximum absolute atomic E-state index is 12.2. The highest BCUT2D eigenvalue weighted by Crippen LogP contribution is 2.34. The number of ether oxygens (including phenoxy) is 1. The number of hydrogen-bond acceptors (Lipinski definition) is 3. The van der Waals surface area contributed by atoms with Gasteiger partial charge < -0.3 is 9.84 Å². The van der Waals surface area contributed by atoms with Gasteiger partial charge in [0, 0.05) is 0 Å². The molecule has 0 amide bonds. The van der Waals surface area contributed by atoms with E-state index < -0.39 is 25.7 Å². The largest absolute Gasteiger partial charge is 0.459 e. The van der Waals surface area contributed by atoms with Gasteiger partial charge >= 0.3 is 5.97 Å². The average molecular weight is 270 g/mol. The van der Waals surface area contributed by atoms with Gasteiger partial charge in [0.15, 0.2) is 0 Å². The molecule has 3 nitrogen and oxygen atoms in total. The van der Waals surface area contributed by atoms with Gasteiger partial charge in [-0.25, -0.2) is 0 Å². The van der Waals surface area contributed by atoms with E-state index in [2.05, 4.69) is 25.3 Å². The van der Waals surface area contributed by atoms with Gasteiger partial charge in [0.1, 0.15) is 11.5 Å². The van der Waals surface area contributed by atoms with Gasteiger partial charge in [-0.1, -0.05) is 30.9 Å². The first-order valence-electron chi connectivity index (χ1n) is 6.62. The molecule has 0 aromatic heterocycles. The maximum atomic E-state index is 12.2. The standard InChI is InChI=1S/C14H26O3Si/c1-14(2,3)17-13(16)12-10(7-8-11(12)15)9-18(4,5)6/h9,11-12,15H,7-8H2,1-6H3/b10-9+/t11-,12-/m1/s1. The van der Waals surface area contributed by atoms with Crippen molar-refractivity contribution in [3.63, 3.8) is 0 Å². The monoisotopic (exact) mass is 270 g/mol. The van der Waals surface area contributed by atoms with E-state index in [9.17, 15) is 9.90 Å². The first-order chi connectivity index (χ1) is 7.99. The number of carbonyl (C=O) groups excluding carboxylic acids is 1. The molecule has 1 aliphatic carbocycles. The smallest absolute Gasteiger partial charge is 0.316 e. The summed E-state index contributed by atoms with van der Waals surface area (Å²) in [4.78, 5) is 12.2. The molecule has 0 aromatic rings. The summed E-state index contributed by atoms with van der Waals surface area (Å²) in [6.45, 7) is 12.3. The van der Waals surface area contributed by atoms with Crippen LogP contribution < -0.4 is 0 Å². The van der Waals surface area contributed by atoms with Crippen LogP contribution in [0.4, 0.5) is 0 Å². The fourth-order valence-electron chi connectivity index (χ4n) is 2.28. The third-order valence-corrected chi connectivity index (χ3v) is 4.03. The summed E-state index contributed by atoms with van der Waals surface area (Å²) in [5, 5.41) is 10.00. The molecule has 104 valence electrons. The normalized spacial score (nSPS) is 27.6. The second-order valence-electron chi connectivity index (χ2n) is 7.20. The summed E-state index contributed by atoms with van der Waals surface area (Å²) in [5.41, 5.74) is 2.82. The fraction of sp³-hybridized carbons (Fsp3) is 0.786. The lowest BCUT2D eigenvalue weighted by atomic mass is 10.0. The van der Waals surface area contributed by atoms with Crippen LogP contribution in [-0.4, -0.2) is 30.9 Å². The van der Waals surface area contributed by atoms with E-state index in [1.165, 1.54) is 0 Å². The second kappa shape index (κ2) is 5.17. The van der Waals surface area contributed by atoms with E-state index in [0.29, 0.717) is 6.42 Å². The van der Waals surface area contributed by atoms with Crippen LogP contribution in [0.2, 0.25) is 19.6 Å². The quantitative estimate of drug-likeness (QED) is 0.620. The van der Waals surface area contributed by atoms with Crippen LogP contribution in [0.25, 0.3) is 0 Å². The van der Waals surface area contributed by atoms with Crippen molar-refractivity contribution < 1.29 is 14.6 Å². The zero-order chi connectivity index (χ0) is 14.1. The van der Waals surface area contributed by atoms with Gasteiger partial charge in [0.05, 0.1) is 14.2 Å². The molecular formula is C14H26O3Si. The molecule has 4 heteroatoms. The Morgan fingerprint density at radius 3 is 2.39 bits per heavy atom. The summed E-state index contributed by atoms with van der Waals surface area (Å²) in [6, 6.07) is 0. The molecule has 0 bridgehead atoms. The van der Waals surface area contributed by atoms with Gasteiger partial charge in [0.2, 0.25) is 0 Å². The predicted octanol–water partition coefficient (Wildman–Crippen LogP) is 2.90. The van der Waals surface area contributed by atoms with Crippen molar-refractivity contribution in [2.45, 2.75) is 65.0 Å². The highest BCUT2D eigenvalue weighted by Gasteiger charge is 2.39. The SMILES string of the molecule is CC(C)(C)OC(=O)[C@@H]1/C(=C/[Si](C)(C)C)CC[C@H]1O. The molecule has 0 aromatic carbocycles. The molecular weight excluding hydrogens is 244 g/mol. The molecule has 2 atom stereocenters. The third-order valence-electron chi connectivity index (χ3n) is 2.79. The van der Waals surface area contributed by atoms with Crippen molar-refractivity contribution >= 4 is 14.0 Å². The van der Waals surface area contributed by atoms with Gasteiger partial charge in [-0.3, -0.25) is 4.79 Å². The number of aliphatic hydroxyl groups excluding tert-OH is 1. The Morgan fingerprint density at radius 1 is 1.39 bits per heavy atom.